The summed E-state index contributed by atoms with van der Waals surface area (Å²) < 4.78 is 19.0. The molecular formula is C28H25ClN4O5S2. The largest absolute Gasteiger partial charge is 0.496 e. The average molecular weight is 597 g/mol. The molecule has 1 aliphatic heterocycles. The van der Waals surface area contributed by atoms with Crippen molar-refractivity contribution >= 4 is 46.7 Å². The molecular weight excluding hydrogens is 572 g/mol. The maximum absolute atomic E-state index is 13.9. The van der Waals surface area contributed by atoms with Gasteiger partial charge in [-0.15, -0.1) is 0 Å². The number of furan rings is 1. The highest BCUT2D eigenvalue weighted by Gasteiger charge is 2.35. The van der Waals surface area contributed by atoms with E-state index in [0.717, 1.165) is 5.69 Å². The SMILES string of the molecule is COc1ccc(Cl)cc1[C@@H]1C(C(=O)OC(C)C)=C(C)N=c2s/c(=C\c3ccc(Sc4nccc(C)n4)o3)c(=O)n21. The molecule has 0 spiro atoms. The first-order chi connectivity index (χ1) is 19.1. The summed E-state index contributed by atoms with van der Waals surface area (Å²) in [5, 5.41) is 1.58. The number of aryl methyl sites for hydroxylation is 1. The molecule has 9 nitrogen and oxygen atoms in total. The third-order valence-electron chi connectivity index (χ3n) is 5.91. The number of ether oxygens (including phenoxy) is 2. The van der Waals surface area contributed by atoms with Gasteiger partial charge in [0.1, 0.15) is 17.6 Å². The van der Waals surface area contributed by atoms with E-state index in [1.54, 1.807) is 63.4 Å². The summed E-state index contributed by atoms with van der Waals surface area (Å²) in [6, 6.07) is 9.60. The smallest absolute Gasteiger partial charge is 0.338 e. The Morgan fingerprint density at radius 3 is 2.75 bits per heavy atom. The number of allylic oxidation sites excluding steroid dienone is 1. The van der Waals surface area contributed by atoms with Gasteiger partial charge >= 0.3 is 5.97 Å². The Morgan fingerprint density at radius 1 is 1.23 bits per heavy atom. The van der Waals surface area contributed by atoms with Crippen molar-refractivity contribution in [3.8, 4) is 5.75 Å². The topological polar surface area (TPSA) is 109 Å². The molecule has 4 aromatic rings. The molecule has 5 rings (SSSR count). The van der Waals surface area contributed by atoms with Crippen molar-refractivity contribution < 1.29 is 18.7 Å². The van der Waals surface area contributed by atoms with E-state index >= 15 is 0 Å². The van der Waals surface area contributed by atoms with Gasteiger partial charge in [0.15, 0.2) is 15.1 Å². The Labute approximate surface area is 242 Å². The van der Waals surface area contributed by atoms with E-state index < -0.39 is 12.0 Å². The van der Waals surface area contributed by atoms with E-state index in [1.807, 2.05) is 13.0 Å². The number of carbonyl (C=O) groups excluding carboxylic acids is 1. The molecule has 0 bridgehead atoms. The summed E-state index contributed by atoms with van der Waals surface area (Å²) in [5.41, 5.74) is 1.74. The van der Waals surface area contributed by atoms with Crippen molar-refractivity contribution in [1.82, 2.24) is 14.5 Å². The number of halogens is 1. The monoisotopic (exact) mass is 596 g/mol. The first kappa shape index (κ1) is 27.9. The number of hydrogen-bond donors (Lipinski definition) is 0. The number of hydrogen-bond acceptors (Lipinski definition) is 10. The van der Waals surface area contributed by atoms with Crippen LogP contribution in [0.3, 0.4) is 0 Å². The fourth-order valence-corrected chi connectivity index (χ4v) is 6.20. The van der Waals surface area contributed by atoms with Crippen LogP contribution in [0.5, 0.6) is 5.75 Å². The molecule has 0 aliphatic carbocycles. The van der Waals surface area contributed by atoms with Gasteiger partial charge < -0.3 is 13.9 Å². The van der Waals surface area contributed by atoms with Crippen LogP contribution in [0.2, 0.25) is 5.02 Å². The highest BCUT2D eigenvalue weighted by molar-refractivity contribution is 7.99. The maximum atomic E-state index is 13.9. The summed E-state index contributed by atoms with van der Waals surface area (Å²) in [6.07, 6.45) is 2.98. The molecule has 206 valence electrons. The second-order valence-corrected chi connectivity index (χ2v) is 11.6. The second kappa shape index (κ2) is 11.4. The quantitative estimate of drug-likeness (QED) is 0.223. The van der Waals surface area contributed by atoms with E-state index in [2.05, 4.69) is 15.0 Å². The molecule has 0 unspecified atom stereocenters. The Bertz CT molecular complexity index is 1820. The number of nitrogens with zero attached hydrogens (tertiary/aromatic N) is 4. The Kier molecular flexibility index (Phi) is 7.97. The fraction of sp³-hybridized carbons (Fsp3) is 0.250. The lowest BCUT2D eigenvalue weighted by Crippen LogP contribution is -2.40. The van der Waals surface area contributed by atoms with Gasteiger partial charge in [-0.05, 0) is 75.9 Å². The molecule has 12 heteroatoms. The highest BCUT2D eigenvalue weighted by Crippen LogP contribution is 2.37. The van der Waals surface area contributed by atoms with Crippen LogP contribution in [-0.4, -0.2) is 33.7 Å². The van der Waals surface area contributed by atoms with Crippen LogP contribution < -0.4 is 19.6 Å². The van der Waals surface area contributed by atoms with Gasteiger partial charge in [-0.1, -0.05) is 22.9 Å². The van der Waals surface area contributed by atoms with Crippen molar-refractivity contribution in [2.24, 2.45) is 4.99 Å². The lowest BCUT2D eigenvalue weighted by molar-refractivity contribution is -0.143. The fourth-order valence-electron chi connectivity index (χ4n) is 4.23. The number of thiazole rings is 1. The van der Waals surface area contributed by atoms with Gasteiger partial charge in [0.2, 0.25) is 0 Å². The number of fused-ring (bicyclic) bond motifs is 1. The summed E-state index contributed by atoms with van der Waals surface area (Å²) in [6.45, 7) is 7.14. The minimum Gasteiger partial charge on any atom is -0.496 e. The zero-order valence-corrected chi connectivity index (χ0v) is 24.7. The minimum absolute atomic E-state index is 0.239. The molecule has 1 atom stereocenters. The van der Waals surface area contributed by atoms with Crippen LogP contribution in [0, 0.1) is 6.92 Å². The van der Waals surface area contributed by atoms with Crippen LogP contribution in [0.15, 0.2) is 78.3 Å². The van der Waals surface area contributed by atoms with Crippen molar-refractivity contribution in [1.29, 1.82) is 0 Å². The van der Waals surface area contributed by atoms with Gasteiger partial charge in [-0.2, -0.15) is 0 Å². The molecule has 0 saturated carbocycles. The van der Waals surface area contributed by atoms with E-state index in [-0.39, 0.29) is 17.2 Å². The van der Waals surface area contributed by atoms with E-state index in [9.17, 15) is 9.59 Å². The van der Waals surface area contributed by atoms with Gasteiger partial charge in [0.25, 0.3) is 5.56 Å². The van der Waals surface area contributed by atoms with E-state index in [4.69, 9.17) is 25.5 Å². The van der Waals surface area contributed by atoms with E-state index in [1.165, 1.54) is 34.8 Å². The van der Waals surface area contributed by atoms with Crippen molar-refractivity contribution in [3.63, 3.8) is 0 Å². The van der Waals surface area contributed by atoms with Crippen LogP contribution >= 0.6 is 34.7 Å². The van der Waals surface area contributed by atoms with E-state index in [0.29, 0.717) is 47.4 Å². The Hall–Kier alpha value is -3.67. The predicted molar refractivity (Wildman–Crippen MR) is 153 cm³/mol. The molecule has 0 N–H and O–H groups in total. The van der Waals surface area contributed by atoms with Crippen molar-refractivity contribution in [2.45, 2.75) is 50.1 Å². The third kappa shape index (κ3) is 5.63. The first-order valence-electron chi connectivity index (χ1n) is 12.3. The van der Waals surface area contributed by atoms with Crippen LogP contribution in [0.4, 0.5) is 0 Å². The molecule has 0 radical (unpaired) electrons. The Morgan fingerprint density at radius 2 is 2.02 bits per heavy atom. The summed E-state index contributed by atoms with van der Waals surface area (Å²) in [7, 11) is 1.52. The summed E-state index contributed by atoms with van der Waals surface area (Å²) in [5.74, 6) is 0.385. The molecule has 0 amide bonds. The lowest BCUT2D eigenvalue weighted by Gasteiger charge is -2.26. The van der Waals surface area contributed by atoms with Gasteiger partial charge in [0, 0.05) is 28.6 Å². The number of benzene rings is 1. The second-order valence-electron chi connectivity index (χ2n) is 9.16. The maximum Gasteiger partial charge on any atom is 0.338 e. The zero-order valence-electron chi connectivity index (χ0n) is 22.3. The van der Waals surface area contributed by atoms with Gasteiger partial charge in [0.05, 0.1) is 29.0 Å². The van der Waals surface area contributed by atoms with Crippen molar-refractivity contribution in [3.05, 3.63) is 95.6 Å². The zero-order chi connectivity index (χ0) is 28.6. The lowest BCUT2D eigenvalue weighted by atomic mass is 9.95. The van der Waals surface area contributed by atoms with Crippen LogP contribution in [-0.2, 0) is 9.53 Å². The van der Waals surface area contributed by atoms with Crippen LogP contribution in [0.25, 0.3) is 6.08 Å². The molecule has 0 saturated heterocycles. The molecule has 0 fully saturated rings. The molecule has 1 aliphatic rings. The first-order valence-corrected chi connectivity index (χ1v) is 14.3. The average Bonchev–Trinajstić information content (AvgIpc) is 3.46. The number of esters is 1. The minimum atomic E-state index is -0.862. The summed E-state index contributed by atoms with van der Waals surface area (Å²) in [4.78, 5) is 40.9. The summed E-state index contributed by atoms with van der Waals surface area (Å²) >= 11 is 8.84. The van der Waals surface area contributed by atoms with Gasteiger partial charge in [-0.3, -0.25) is 9.36 Å². The van der Waals surface area contributed by atoms with Crippen molar-refractivity contribution in [2.75, 3.05) is 7.11 Å². The number of methoxy groups -OCH3 is 1. The highest BCUT2D eigenvalue weighted by atomic mass is 35.5. The number of rotatable bonds is 7. The standard InChI is InChI=1S/C28H25ClN4O5S2/c1-14(2)37-26(35)23-16(4)32-28-33(24(23)19-12-17(29)6-8-20(19)36-5)25(34)21(39-28)13-18-7-9-22(38-18)40-27-30-11-10-15(3)31-27/h6-14,24H,1-5H3/b21-13-/t24-/m1/s1. The van der Waals surface area contributed by atoms with Gasteiger partial charge in [-0.25, -0.2) is 19.8 Å². The molecule has 40 heavy (non-hydrogen) atoms. The Balaban J connectivity index is 1.62. The molecule has 3 aromatic heterocycles. The third-order valence-corrected chi connectivity index (χ3v) is 7.93. The predicted octanol–water partition coefficient (Wildman–Crippen LogP) is 4.69. The molecule has 4 heterocycles. The number of aromatic nitrogens is 3. The normalized spacial score (nSPS) is 15.3. The van der Waals surface area contributed by atoms with Crippen LogP contribution in [0.1, 0.15) is 43.8 Å². The molecule has 1 aromatic carbocycles. The number of carbonyl (C=O) groups is 1.